The first-order valence-electron chi connectivity index (χ1n) is 4.75. The molecule has 3 N–H and O–H groups in total. The summed E-state index contributed by atoms with van der Waals surface area (Å²) in [4.78, 5) is 11.3. The molecule has 0 aromatic heterocycles. The molecular weight excluding hydrogens is 176 g/mol. The Labute approximate surface area is 83.3 Å². The van der Waals surface area contributed by atoms with E-state index >= 15 is 0 Å². The zero-order valence-electron chi connectivity index (χ0n) is 8.16. The van der Waals surface area contributed by atoms with Gasteiger partial charge >= 0.3 is 0 Å². The molecule has 1 saturated heterocycles. The molecule has 1 aliphatic heterocycles. The lowest BCUT2D eigenvalue weighted by atomic mass is 9.87. The normalized spacial score (nSPS) is 31.6. The van der Waals surface area contributed by atoms with E-state index in [1.807, 2.05) is 37.3 Å². The van der Waals surface area contributed by atoms with Crippen molar-refractivity contribution in [3.63, 3.8) is 0 Å². The van der Waals surface area contributed by atoms with Gasteiger partial charge in [-0.1, -0.05) is 30.3 Å². The van der Waals surface area contributed by atoms with E-state index in [9.17, 15) is 4.79 Å². The van der Waals surface area contributed by atoms with E-state index < -0.39 is 5.54 Å². The molecule has 1 fully saturated rings. The third kappa shape index (κ3) is 1.30. The number of nitrogens with two attached hydrogens (primary N) is 1. The SMILES string of the molecule is CC1(c2ccccc2)NC(=O)CC1N. The number of nitrogens with one attached hydrogen (secondary N) is 1. The van der Waals surface area contributed by atoms with Gasteiger partial charge in [0.2, 0.25) is 5.91 Å². The summed E-state index contributed by atoms with van der Waals surface area (Å²) in [5.74, 6) is 0.0313. The van der Waals surface area contributed by atoms with Crippen molar-refractivity contribution < 1.29 is 4.79 Å². The van der Waals surface area contributed by atoms with E-state index in [0.717, 1.165) is 5.56 Å². The van der Waals surface area contributed by atoms with Crippen LogP contribution in [0.1, 0.15) is 18.9 Å². The second kappa shape index (κ2) is 3.10. The minimum atomic E-state index is -0.404. The third-order valence-electron chi connectivity index (χ3n) is 2.92. The highest BCUT2D eigenvalue weighted by atomic mass is 16.2. The van der Waals surface area contributed by atoms with E-state index in [4.69, 9.17) is 5.73 Å². The van der Waals surface area contributed by atoms with Crippen LogP contribution < -0.4 is 11.1 Å². The summed E-state index contributed by atoms with van der Waals surface area (Å²) in [5, 5.41) is 2.93. The highest BCUT2D eigenvalue weighted by molar-refractivity contribution is 5.81. The second-order valence-corrected chi connectivity index (χ2v) is 3.93. The average Bonchev–Trinajstić information content (AvgIpc) is 2.43. The van der Waals surface area contributed by atoms with Crippen LogP contribution >= 0.6 is 0 Å². The van der Waals surface area contributed by atoms with E-state index in [1.165, 1.54) is 0 Å². The highest BCUT2D eigenvalue weighted by Gasteiger charge is 2.41. The van der Waals surface area contributed by atoms with Crippen molar-refractivity contribution >= 4 is 5.91 Å². The summed E-state index contributed by atoms with van der Waals surface area (Å²) >= 11 is 0. The van der Waals surface area contributed by atoms with Gasteiger partial charge in [0, 0.05) is 12.5 Å². The fourth-order valence-corrected chi connectivity index (χ4v) is 1.91. The molecule has 1 heterocycles. The number of rotatable bonds is 1. The molecule has 1 aliphatic rings. The van der Waals surface area contributed by atoms with Crippen LogP contribution in [0.4, 0.5) is 0 Å². The molecule has 0 saturated carbocycles. The minimum Gasteiger partial charge on any atom is -0.345 e. The summed E-state index contributed by atoms with van der Waals surface area (Å²) in [6.07, 6.45) is 0.408. The van der Waals surface area contributed by atoms with Crippen molar-refractivity contribution in [2.45, 2.75) is 24.9 Å². The van der Waals surface area contributed by atoms with Crippen LogP contribution in [0, 0.1) is 0 Å². The fraction of sp³-hybridized carbons (Fsp3) is 0.364. The molecule has 2 atom stereocenters. The fourth-order valence-electron chi connectivity index (χ4n) is 1.91. The van der Waals surface area contributed by atoms with E-state index in [0.29, 0.717) is 6.42 Å². The lowest BCUT2D eigenvalue weighted by molar-refractivity contribution is -0.119. The first-order valence-corrected chi connectivity index (χ1v) is 4.75. The molecule has 3 nitrogen and oxygen atoms in total. The Morgan fingerprint density at radius 1 is 1.43 bits per heavy atom. The summed E-state index contributed by atoms with van der Waals surface area (Å²) in [6, 6.07) is 9.71. The molecule has 1 aromatic rings. The molecule has 0 bridgehead atoms. The van der Waals surface area contributed by atoms with Gasteiger partial charge in [-0.15, -0.1) is 0 Å². The number of carbonyl (C=O) groups excluding carboxylic acids is 1. The van der Waals surface area contributed by atoms with Crippen molar-refractivity contribution in [1.29, 1.82) is 0 Å². The number of carbonyl (C=O) groups is 1. The molecule has 14 heavy (non-hydrogen) atoms. The predicted octanol–water partition coefficient (Wildman–Crippen LogP) is 0.749. The van der Waals surface area contributed by atoms with Crippen LogP contribution in [-0.4, -0.2) is 11.9 Å². The van der Waals surface area contributed by atoms with Gasteiger partial charge in [0.05, 0.1) is 5.54 Å². The quantitative estimate of drug-likeness (QED) is 0.686. The van der Waals surface area contributed by atoms with Gasteiger partial charge in [-0.25, -0.2) is 0 Å². The molecule has 2 rings (SSSR count). The van der Waals surface area contributed by atoms with E-state index in [2.05, 4.69) is 5.32 Å². The molecule has 0 radical (unpaired) electrons. The van der Waals surface area contributed by atoms with Crippen molar-refractivity contribution in [2.75, 3.05) is 0 Å². The van der Waals surface area contributed by atoms with Gasteiger partial charge in [-0.3, -0.25) is 4.79 Å². The largest absolute Gasteiger partial charge is 0.345 e. The van der Waals surface area contributed by atoms with Gasteiger partial charge in [-0.2, -0.15) is 0 Å². The molecule has 2 unspecified atom stereocenters. The lowest BCUT2D eigenvalue weighted by Gasteiger charge is -2.29. The topological polar surface area (TPSA) is 55.1 Å². The maximum absolute atomic E-state index is 11.3. The molecule has 74 valence electrons. The van der Waals surface area contributed by atoms with Crippen LogP contribution in [0.25, 0.3) is 0 Å². The number of benzene rings is 1. The summed E-state index contributed by atoms with van der Waals surface area (Å²) < 4.78 is 0. The van der Waals surface area contributed by atoms with E-state index in [-0.39, 0.29) is 11.9 Å². The zero-order chi connectivity index (χ0) is 10.2. The predicted molar refractivity (Wildman–Crippen MR) is 54.5 cm³/mol. The molecule has 3 heteroatoms. The van der Waals surface area contributed by atoms with Crippen LogP contribution in [0.15, 0.2) is 30.3 Å². The van der Waals surface area contributed by atoms with Gasteiger partial charge in [0.1, 0.15) is 0 Å². The van der Waals surface area contributed by atoms with Crippen molar-refractivity contribution in [3.05, 3.63) is 35.9 Å². The van der Waals surface area contributed by atoms with E-state index in [1.54, 1.807) is 0 Å². The number of hydrogen-bond acceptors (Lipinski definition) is 2. The molecule has 1 aromatic carbocycles. The number of amides is 1. The van der Waals surface area contributed by atoms with Crippen LogP contribution in [-0.2, 0) is 10.3 Å². The van der Waals surface area contributed by atoms with Crippen molar-refractivity contribution in [1.82, 2.24) is 5.32 Å². The summed E-state index contributed by atoms with van der Waals surface area (Å²) in [6.45, 7) is 1.97. The molecule has 0 aliphatic carbocycles. The Balaban J connectivity index is 2.38. The first kappa shape index (κ1) is 9.21. The average molecular weight is 190 g/mol. The smallest absolute Gasteiger partial charge is 0.222 e. The first-order chi connectivity index (χ1) is 6.63. The van der Waals surface area contributed by atoms with Gasteiger partial charge in [0.15, 0.2) is 0 Å². The standard InChI is InChI=1S/C11H14N2O/c1-11(8-5-3-2-4-6-8)9(12)7-10(14)13-11/h2-6,9H,7,12H2,1H3,(H,13,14). The Morgan fingerprint density at radius 2 is 2.07 bits per heavy atom. The third-order valence-corrected chi connectivity index (χ3v) is 2.92. The second-order valence-electron chi connectivity index (χ2n) is 3.93. The van der Waals surface area contributed by atoms with Crippen LogP contribution in [0.5, 0.6) is 0 Å². The maximum Gasteiger partial charge on any atom is 0.222 e. The van der Waals surface area contributed by atoms with Crippen molar-refractivity contribution in [3.8, 4) is 0 Å². The van der Waals surface area contributed by atoms with Gasteiger partial charge < -0.3 is 11.1 Å². The van der Waals surface area contributed by atoms with Crippen LogP contribution in [0.3, 0.4) is 0 Å². The number of hydrogen-bond donors (Lipinski definition) is 2. The minimum absolute atomic E-state index is 0.0313. The van der Waals surface area contributed by atoms with Crippen LogP contribution in [0.2, 0.25) is 0 Å². The van der Waals surface area contributed by atoms with Gasteiger partial charge in [0.25, 0.3) is 0 Å². The lowest BCUT2D eigenvalue weighted by Crippen LogP contribution is -2.46. The Morgan fingerprint density at radius 3 is 2.57 bits per heavy atom. The highest BCUT2D eigenvalue weighted by Crippen LogP contribution is 2.29. The summed E-state index contributed by atoms with van der Waals surface area (Å²) in [5.41, 5.74) is 6.62. The molecular formula is C11H14N2O. The van der Waals surface area contributed by atoms with Gasteiger partial charge in [-0.05, 0) is 12.5 Å². The summed E-state index contributed by atoms with van der Waals surface area (Å²) in [7, 11) is 0. The Bertz CT molecular complexity index is 350. The monoisotopic (exact) mass is 190 g/mol. The zero-order valence-corrected chi connectivity index (χ0v) is 8.16. The molecule has 1 amide bonds. The maximum atomic E-state index is 11.3. The Kier molecular flexibility index (Phi) is 2.04. The van der Waals surface area contributed by atoms with Crippen molar-refractivity contribution in [2.24, 2.45) is 5.73 Å². The molecule has 0 spiro atoms. The Hall–Kier alpha value is -1.35.